The van der Waals surface area contributed by atoms with Crippen molar-refractivity contribution >= 4 is 23.2 Å². The fourth-order valence-corrected chi connectivity index (χ4v) is 4.07. The second-order valence-corrected chi connectivity index (χ2v) is 6.98. The van der Waals surface area contributed by atoms with E-state index >= 15 is 0 Å². The number of rotatable bonds is 6. The average molecular weight is 380 g/mol. The highest BCUT2D eigenvalue weighted by Gasteiger charge is 2.59. The number of imide groups is 1. The topological polar surface area (TPSA) is 59.1 Å². The lowest BCUT2D eigenvalue weighted by Crippen LogP contribution is -2.40. The molecule has 2 heterocycles. The maximum atomic E-state index is 13.4. The molecule has 0 bridgehead atoms. The molecule has 2 aromatic carbocycles. The van der Waals surface area contributed by atoms with Crippen molar-refractivity contribution < 1.29 is 19.2 Å². The van der Waals surface area contributed by atoms with E-state index in [1.807, 2.05) is 43.3 Å². The van der Waals surface area contributed by atoms with E-state index in [-0.39, 0.29) is 17.9 Å². The van der Waals surface area contributed by atoms with Crippen LogP contribution in [0, 0.1) is 5.92 Å². The largest absolute Gasteiger partial charge is 0.492 e. The number of hydrogen-bond acceptors (Lipinski definition) is 5. The van der Waals surface area contributed by atoms with Gasteiger partial charge in [-0.2, -0.15) is 0 Å². The molecular weight excluding hydrogens is 356 g/mol. The lowest BCUT2D eigenvalue weighted by molar-refractivity contribution is -0.126. The summed E-state index contributed by atoms with van der Waals surface area (Å²) in [6.45, 7) is 4.40. The minimum atomic E-state index is -0.807. The maximum Gasteiger partial charge on any atom is 0.266 e. The Morgan fingerprint density at radius 1 is 0.964 bits per heavy atom. The van der Waals surface area contributed by atoms with Gasteiger partial charge >= 0.3 is 0 Å². The minimum Gasteiger partial charge on any atom is -0.492 e. The van der Waals surface area contributed by atoms with Crippen LogP contribution in [0.3, 0.4) is 0 Å². The van der Waals surface area contributed by atoms with E-state index in [2.05, 4.69) is 6.92 Å². The Balaban J connectivity index is 1.69. The summed E-state index contributed by atoms with van der Waals surface area (Å²) in [5.74, 6) is -0.554. The van der Waals surface area contributed by atoms with Gasteiger partial charge in [0.05, 0.1) is 29.9 Å². The number of anilines is 2. The number of carbonyl (C=O) groups excluding carboxylic acids is 2. The first kappa shape index (κ1) is 18.5. The van der Waals surface area contributed by atoms with Gasteiger partial charge in [0, 0.05) is 0 Å². The molecule has 6 heteroatoms. The SMILES string of the molecule is CCC[C@H]1[C@H]2C(=O)N(c3ccccc3OCC)C(=O)[C@@H]2ON1c1ccccc1. The number of fused-ring (bicyclic) bond motifs is 1. The number of carbonyl (C=O) groups is 2. The van der Waals surface area contributed by atoms with E-state index in [1.165, 1.54) is 4.90 Å². The number of hydroxylamine groups is 1. The van der Waals surface area contributed by atoms with Gasteiger partial charge in [-0.25, -0.2) is 9.96 Å². The number of nitrogens with zero attached hydrogens (tertiary/aromatic N) is 2. The molecule has 0 aliphatic carbocycles. The van der Waals surface area contributed by atoms with Crippen molar-refractivity contribution in [1.29, 1.82) is 0 Å². The van der Waals surface area contributed by atoms with Gasteiger partial charge in [0.15, 0.2) is 6.10 Å². The normalized spacial score (nSPS) is 24.0. The van der Waals surface area contributed by atoms with Crippen LogP contribution in [0.25, 0.3) is 0 Å². The van der Waals surface area contributed by atoms with Gasteiger partial charge in [0.25, 0.3) is 5.91 Å². The Morgan fingerprint density at radius 2 is 1.68 bits per heavy atom. The van der Waals surface area contributed by atoms with Crippen LogP contribution in [0.4, 0.5) is 11.4 Å². The van der Waals surface area contributed by atoms with Crippen LogP contribution in [0.5, 0.6) is 5.75 Å². The molecule has 0 saturated carbocycles. The van der Waals surface area contributed by atoms with Crippen LogP contribution in [0.15, 0.2) is 54.6 Å². The highest BCUT2D eigenvalue weighted by atomic mass is 16.7. The summed E-state index contributed by atoms with van der Waals surface area (Å²) in [5.41, 5.74) is 1.34. The summed E-state index contributed by atoms with van der Waals surface area (Å²) < 4.78 is 5.64. The quantitative estimate of drug-likeness (QED) is 0.717. The molecule has 2 amide bonds. The van der Waals surface area contributed by atoms with Gasteiger partial charge in [0.1, 0.15) is 5.75 Å². The molecule has 4 rings (SSSR count). The predicted molar refractivity (Wildman–Crippen MR) is 106 cm³/mol. The fraction of sp³-hybridized carbons (Fsp3) is 0.364. The first-order valence-electron chi connectivity index (χ1n) is 9.78. The average Bonchev–Trinajstić information content (AvgIpc) is 3.20. The molecule has 0 radical (unpaired) electrons. The molecule has 2 aliphatic rings. The van der Waals surface area contributed by atoms with Crippen molar-refractivity contribution in [2.24, 2.45) is 5.92 Å². The summed E-state index contributed by atoms with van der Waals surface area (Å²) in [6, 6.07) is 16.6. The molecule has 0 unspecified atom stereocenters. The highest BCUT2D eigenvalue weighted by molar-refractivity contribution is 6.24. The predicted octanol–water partition coefficient (Wildman–Crippen LogP) is 3.56. The third-order valence-corrected chi connectivity index (χ3v) is 5.24. The number of amides is 2. The number of para-hydroxylation sites is 3. The lowest BCUT2D eigenvalue weighted by atomic mass is 9.93. The molecule has 0 N–H and O–H groups in total. The molecule has 0 aromatic heterocycles. The van der Waals surface area contributed by atoms with Crippen molar-refractivity contribution in [3.63, 3.8) is 0 Å². The molecule has 0 spiro atoms. The van der Waals surface area contributed by atoms with E-state index in [4.69, 9.17) is 9.57 Å². The zero-order valence-corrected chi connectivity index (χ0v) is 16.1. The summed E-state index contributed by atoms with van der Waals surface area (Å²) in [5, 5.41) is 1.75. The summed E-state index contributed by atoms with van der Waals surface area (Å²) >= 11 is 0. The van der Waals surface area contributed by atoms with Crippen LogP contribution in [0.1, 0.15) is 26.7 Å². The van der Waals surface area contributed by atoms with Gasteiger partial charge in [-0.15, -0.1) is 0 Å². The summed E-state index contributed by atoms with van der Waals surface area (Å²) in [6.07, 6.45) is 0.840. The number of hydrogen-bond donors (Lipinski definition) is 0. The molecule has 2 aliphatic heterocycles. The maximum absolute atomic E-state index is 13.4. The van der Waals surface area contributed by atoms with Gasteiger partial charge in [0.2, 0.25) is 5.91 Å². The first-order chi connectivity index (χ1) is 13.7. The van der Waals surface area contributed by atoms with E-state index in [1.54, 1.807) is 23.3 Å². The van der Waals surface area contributed by atoms with Gasteiger partial charge < -0.3 is 4.74 Å². The molecule has 2 aromatic rings. The van der Waals surface area contributed by atoms with E-state index in [0.29, 0.717) is 18.0 Å². The van der Waals surface area contributed by atoms with Crippen LogP contribution in [-0.4, -0.2) is 30.6 Å². The Kier molecular flexibility index (Phi) is 5.05. The molecule has 2 fully saturated rings. The third kappa shape index (κ3) is 2.94. The Bertz CT molecular complexity index is 870. The van der Waals surface area contributed by atoms with Crippen LogP contribution >= 0.6 is 0 Å². The van der Waals surface area contributed by atoms with Crippen LogP contribution in [-0.2, 0) is 14.4 Å². The fourth-order valence-electron chi connectivity index (χ4n) is 4.07. The number of benzene rings is 2. The van der Waals surface area contributed by atoms with Crippen LogP contribution in [0.2, 0.25) is 0 Å². The third-order valence-electron chi connectivity index (χ3n) is 5.24. The van der Waals surface area contributed by atoms with Crippen molar-refractivity contribution in [3.05, 3.63) is 54.6 Å². The molecule has 6 nitrogen and oxygen atoms in total. The molecule has 146 valence electrons. The Morgan fingerprint density at radius 3 is 2.39 bits per heavy atom. The van der Waals surface area contributed by atoms with E-state index < -0.39 is 12.0 Å². The van der Waals surface area contributed by atoms with Crippen molar-refractivity contribution in [3.8, 4) is 5.75 Å². The van der Waals surface area contributed by atoms with E-state index in [9.17, 15) is 9.59 Å². The monoisotopic (exact) mass is 380 g/mol. The minimum absolute atomic E-state index is 0.182. The first-order valence-corrected chi connectivity index (χ1v) is 9.78. The lowest BCUT2D eigenvalue weighted by Gasteiger charge is -2.28. The summed E-state index contributed by atoms with van der Waals surface area (Å²) in [4.78, 5) is 33.8. The Hall–Kier alpha value is -2.86. The van der Waals surface area contributed by atoms with Crippen molar-refractivity contribution in [2.45, 2.75) is 38.8 Å². The molecule has 28 heavy (non-hydrogen) atoms. The zero-order valence-electron chi connectivity index (χ0n) is 16.1. The van der Waals surface area contributed by atoms with Gasteiger partial charge in [-0.05, 0) is 37.6 Å². The highest BCUT2D eigenvalue weighted by Crippen LogP contribution is 2.43. The smallest absolute Gasteiger partial charge is 0.266 e. The molecule has 2 saturated heterocycles. The Labute approximate surface area is 164 Å². The van der Waals surface area contributed by atoms with Gasteiger partial charge in [-0.3, -0.25) is 14.4 Å². The van der Waals surface area contributed by atoms with Crippen molar-refractivity contribution in [1.82, 2.24) is 0 Å². The van der Waals surface area contributed by atoms with Gasteiger partial charge in [-0.1, -0.05) is 43.7 Å². The van der Waals surface area contributed by atoms with E-state index in [0.717, 1.165) is 18.5 Å². The molecular formula is C22H24N2O4. The number of ether oxygens (including phenoxy) is 1. The molecule has 3 atom stereocenters. The zero-order chi connectivity index (χ0) is 19.7. The standard InChI is InChI=1S/C22H24N2O4/c1-3-10-17-19-20(28-24(17)15-11-6-5-7-12-15)22(26)23(21(19)25)16-13-8-9-14-18(16)27-4-2/h5-9,11-14,17,19-20H,3-4,10H2,1-2H3/t17-,19+,20+/m0/s1. The van der Waals surface area contributed by atoms with Crippen LogP contribution < -0.4 is 14.7 Å². The summed E-state index contributed by atoms with van der Waals surface area (Å²) in [7, 11) is 0. The van der Waals surface area contributed by atoms with Crippen molar-refractivity contribution in [2.75, 3.05) is 16.6 Å². The second kappa shape index (κ2) is 7.64. The second-order valence-electron chi connectivity index (χ2n) is 6.98.